The monoisotopic (exact) mass is 400 g/mol. The molecule has 0 radical (unpaired) electrons. The zero-order valence-corrected chi connectivity index (χ0v) is 16.0. The van der Waals surface area contributed by atoms with Gasteiger partial charge < -0.3 is 9.88 Å². The van der Waals surface area contributed by atoms with Gasteiger partial charge in [-0.1, -0.05) is 18.2 Å². The average molecular weight is 400 g/mol. The van der Waals surface area contributed by atoms with Crippen LogP contribution in [0.4, 0.5) is 10.1 Å². The zero-order valence-electron chi connectivity index (χ0n) is 15.2. The lowest BCUT2D eigenvalue weighted by atomic mass is 10.0. The van der Waals surface area contributed by atoms with E-state index >= 15 is 0 Å². The molecule has 1 aliphatic rings. The van der Waals surface area contributed by atoms with Crippen LogP contribution in [0.3, 0.4) is 0 Å². The second-order valence-corrected chi connectivity index (χ2v) is 8.20. The molecule has 0 saturated heterocycles. The highest BCUT2D eigenvalue weighted by atomic mass is 32.2. The van der Waals surface area contributed by atoms with Crippen molar-refractivity contribution in [1.82, 2.24) is 9.29 Å². The van der Waals surface area contributed by atoms with Gasteiger partial charge in [-0.25, -0.2) is 12.8 Å². The van der Waals surface area contributed by atoms with Gasteiger partial charge in [0.1, 0.15) is 22.5 Å². The van der Waals surface area contributed by atoms with Crippen LogP contribution in [0.1, 0.15) is 28.5 Å². The Balaban J connectivity index is 2.07. The Bertz CT molecular complexity index is 1170. The number of amides is 1. The van der Waals surface area contributed by atoms with Crippen molar-refractivity contribution in [3.05, 3.63) is 65.8 Å². The van der Waals surface area contributed by atoms with Crippen molar-refractivity contribution in [2.45, 2.75) is 17.4 Å². The molecular weight excluding hydrogens is 383 g/mol. The minimum Gasteiger partial charge on any atom is -0.345 e. The Morgan fingerprint density at radius 3 is 2.82 bits per heavy atom. The standard InChI is InChI=1S/C19H17FN4O3S/c1-4-19(2)8-7-14-16(28(26,27)23-19)11-24(3)17(14)18(25)22-13-5-6-15(20)12(9-13)10-21/h4-9,11,23H,1H2,2-3H3,(H,22,25)/t19-/m0/s1. The van der Waals surface area contributed by atoms with Gasteiger partial charge in [0.05, 0.1) is 11.1 Å². The molecule has 144 valence electrons. The molecule has 1 aromatic carbocycles. The number of hydrogen-bond acceptors (Lipinski definition) is 4. The van der Waals surface area contributed by atoms with Crippen LogP contribution in [0.2, 0.25) is 0 Å². The predicted molar refractivity (Wildman–Crippen MR) is 102 cm³/mol. The summed E-state index contributed by atoms with van der Waals surface area (Å²) >= 11 is 0. The summed E-state index contributed by atoms with van der Waals surface area (Å²) in [7, 11) is -2.35. The van der Waals surface area contributed by atoms with Crippen molar-refractivity contribution in [2.24, 2.45) is 7.05 Å². The smallest absolute Gasteiger partial charge is 0.272 e. The number of hydrogen-bond donors (Lipinski definition) is 2. The number of rotatable bonds is 3. The van der Waals surface area contributed by atoms with Crippen molar-refractivity contribution in [3.8, 4) is 6.07 Å². The van der Waals surface area contributed by atoms with Crippen molar-refractivity contribution in [3.63, 3.8) is 0 Å². The molecule has 1 aromatic heterocycles. The summed E-state index contributed by atoms with van der Waals surface area (Å²) in [5.41, 5.74) is -0.673. The molecule has 0 fully saturated rings. The van der Waals surface area contributed by atoms with E-state index in [0.717, 1.165) is 6.07 Å². The number of carbonyl (C=O) groups is 1. The maximum Gasteiger partial charge on any atom is 0.272 e. The molecule has 0 aliphatic carbocycles. The summed E-state index contributed by atoms with van der Waals surface area (Å²) in [6, 6.07) is 5.30. The summed E-state index contributed by atoms with van der Waals surface area (Å²) in [5.74, 6) is -1.29. The van der Waals surface area contributed by atoms with Gasteiger partial charge in [-0.2, -0.15) is 9.98 Å². The van der Waals surface area contributed by atoms with Crippen LogP contribution in [0, 0.1) is 17.1 Å². The second-order valence-electron chi connectivity index (χ2n) is 6.55. The van der Waals surface area contributed by atoms with Crippen molar-refractivity contribution in [2.75, 3.05) is 5.32 Å². The molecule has 28 heavy (non-hydrogen) atoms. The number of carbonyl (C=O) groups excluding carboxylic acids is 1. The van der Waals surface area contributed by atoms with E-state index in [4.69, 9.17) is 5.26 Å². The van der Waals surface area contributed by atoms with E-state index in [1.165, 1.54) is 29.0 Å². The molecule has 7 nitrogen and oxygen atoms in total. The normalized spacial score (nSPS) is 19.9. The number of nitrogens with zero attached hydrogens (tertiary/aromatic N) is 2. The second kappa shape index (κ2) is 6.74. The number of halogens is 1. The molecule has 1 amide bonds. The largest absolute Gasteiger partial charge is 0.345 e. The maximum absolute atomic E-state index is 13.5. The first-order valence-corrected chi connectivity index (χ1v) is 9.65. The first-order chi connectivity index (χ1) is 13.1. The molecule has 0 bridgehead atoms. The van der Waals surface area contributed by atoms with E-state index in [1.54, 1.807) is 32.2 Å². The van der Waals surface area contributed by atoms with E-state index < -0.39 is 27.3 Å². The van der Waals surface area contributed by atoms with Gasteiger partial charge in [0.15, 0.2) is 0 Å². The summed E-state index contributed by atoms with van der Waals surface area (Å²) in [5, 5.41) is 11.5. The van der Waals surface area contributed by atoms with E-state index in [1.807, 2.05) is 0 Å². The Kier molecular flexibility index (Phi) is 4.71. The van der Waals surface area contributed by atoms with E-state index in [9.17, 15) is 17.6 Å². The number of aromatic nitrogens is 1. The van der Waals surface area contributed by atoms with Gasteiger partial charge in [0, 0.05) is 24.5 Å². The van der Waals surface area contributed by atoms with Crippen molar-refractivity contribution < 1.29 is 17.6 Å². The molecule has 2 N–H and O–H groups in total. The van der Waals surface area contributed by atoms with Crippen LogP contribution in [-0.4, -0.2) is 24.4 Å². The first kappa shape index (κ1) is 19.5. The van der Waals surface area contributed by atoms with Crippen LogP contribution < -0.4 is 10.0 Å². The lowest BCUT2D eigenvalue weighted by Gasteiger charge is -2.21. The molecule has 2 aromatic rings. The Morgan fingerprint density at radius 2 is 2.18 bits per heavy atom. The maximum atomic E-state index is 13.5. The molecule has 3 rings (SSSR count). The third kappa shape index (κ3) is 3.35. The lowest BCUT2D eigenvalue weighted by molar-refractivity contribution is 0.101. The van der Waals surface area contributed by atoms with Crippen LogP contribution in [-0.2, 0) is 17.1 Å². The summed E-state index contributed by atoms with van der Waals surface area (Å²) < 4.78 is 42.8. The highest BCUT2D eigenvalue weighted by Crippen LogP contribution is 2.30. The highest BCUT2D eigenvalue weighted by Gasteiger charge is 2.34. The number of fused-ring (bicyclic) bond motifs is 1. The molecule has 0 spiro atoms. The fourth-order valence-electron chi connectivity index (χ4n) is 2.90. The highest BCUT2D eigenvalue weighted by molar-refractivity contribution is 7.89. The molecule has 1 atom stereocenters. The topological polar surface area (TPSA) is 104 Å². The molecule has 1 aliphatic heterocycles. The van der Waals surface area contributed by atoms with Crippen LogP contribution in [0.5, 0.6) is 0 Å². The number of aryl methyl sites for hydroxylation is 1. The quantitative estimate of drug-likeness (QED) is 0.773. The summed E-state index contributed by atoms with van der Waals surface area (Å²) in [6.45, 7) is 5.29. The van der Waals surface area contributed by atoms with Crippen LogP contribution in [0.15, 0.2) is 48.0 Å². The van der Waals surface area contributed by atoms with E-state index in [-0.39, 0.29) is 27.4 Å². The number of anilines is 1. The minimum absolute atomic E-state index is 0.0428. The Morgan fingerprint density at radius 1 is 1.46 bits per heavy atom. The van der Waals surface area contributed by atoms with Gasteiger partial charge in [-0.15, -0.1) is 6.58 Å². The molecular formula is C19H17FN4O3S. The Hall–Kier alpha value is -3.22. The third-order valence-corrected chi connectivity index (χ3v) is 6.02. The van der Waals surface area contributed by atoms with Gasteiger partial charge >= 0.3 is 0 Å². The molecule has 2 heterocycles. The number of benzene rings is 1. The van der Waals surface area contributed by atoms with Gasteiger partial charge in [-0.3, -0.25) is 4.79 Å². The van der Waals surface area contributed by atoms with Crippen molar-refractivity contribution >= 4 is 27.7 Å². The summed E-state index contributed by atoms with van der Waals surface area (Å²) in [6.07, 6.45) is 5.95. The van der Waals surface area contributed by atoms with Gasteiger partial charge in [-0.05, 0) is 25.1 Å². The first-order valence-electron chi connectivity index (χ1n) is 8.17. The molecule has 0 unspecified atom stereocenters. The number of nitrogens with one attached hydrogen (secondary N) is 2. The lowest BCUT2D eigenvalue weighted by Crippen LogP contribution is -2.41. The number of sulfonamides is 1. The third-order valence-electron chi connectivity index (χ3n) is 4.41. The fourth-order valence-corrected chi connectivity index (χ4v) is 4.49. The Labute approximate surface area is 161 Å². The van der Waals surface area contributed by atoms with Crippen molar-refractivity contribution in [1.29, 1.82) is 5.26 Å². The average Bonchev–Trinajstić information content (AvgIpc) is 2.94. The zero-order chi connectivity index (χ0) is 20.7. The van der Waals surface area contributed by atoms with Crippen LogP contribution >= 0.6 is 0 Å². The SMILES string of the molecule is C=C[C@@]1(C)C=Cc2c(cn(C)c2C(=O)Nc2ccc(F)c(C#N)c2)S(=O)(=O)N1. The minimum atomic E-state index is -3.90. The van der Waals surface area contributed by atoms with Gasteiger partial charge in [0.25, 0.3) is 5.91 Å². The van der Waals surface area contributed by atoms with Gasteiger partial charge in [0.2, 0.25) is 10.0 Å². The van der Waals surface area contributed by atoms with Crippen LogP contribution in [0.25, 0.3) is 6.08 Å². The number of nitriles is 1. The fraction of sp³-hybridized carbons (Fsp3) is 0.158. The predicted octanol–water partition coefficient (Wildman–Crippen LogP) is 2.54. The van der Waals surface area contributed by atoms with E-state index in [2.05, 4.69) is 16.6 Å². The van der Waals surface area contributed by atoms with E-state index in [0.29, 0.717) is 0 Å². The summed E-state index contributed by atoms with van der Waals surface area (Å²) in [4.78, 5) is 12.8. The molecule has 0 saturated carbocycles. The molecule has 9 heteroatoms.